The Morgan fingerprint density at radius 3 is 2.42 bits per heavy atom. The topological polar surface area (TPSA) is 47.6 Å². The average Bonchev–Trinajstić information content (AvgIpc) is 2.60. The molecular formula is C19H12F3NO3. The Balaban J connectivity index is 1.78. The van der Waals surface area contributed by atoms with Gasteiger partial charge >= 0.3 is 12.5 Å². The van der Waals surface area contributed by atoms with Crippen molar-refractivity contribution in [3.63, 3.8) is 0 Å². The Morgan fingerprint density at radius 2 is 1.69 bits per heavy atom. The van der Waals surface area contributed by atoms with E-state index in [1.54, 1.807) is 6.07 Å². The monoisotopic (exact) mass is 359 g/mol. The molecule has 1 aliphatic rings. The molecule has 4 rings (SSSR count). The summed E-state index contributed by atoms with van der Waals surface area (Å²) in [5.41, 5.74) is 1.38. The van der Waals surface area contributed by atoms with E-state index in [4.69, 9.17) is 4.74 Å². The van der Waals surface area contributed by atoms with Crippen LogP contribution in [0.4, 0.5) is 18.0 Å². The second kappa shape index (κ2) is 5.94. The molecule has 0 saturated heterocycles. The van der Waals surface area contributed by atoms with Crippen molar-refractivity contribution in [2.24, 2.45) is 0 Å². The third kappa shape index (κ3) is 3.03. The van der Waals surface area contributed by atoms with Gasteiger partial charge < -0.3 is 14.8 Å². The lowest BCUT2D eigenvalue weighted by molar-refractivity contribution is -0.274. The van der Waals surface area contributed by atoms with Crippen LogP contribution in [0.3, 0.4) is 0 Å². The smallest absolute Gasteiger partial charge is 0.410 e. The van der Waals surface area contributed by atoms with Gasteiger partial charge in [-0.15, -0.1) is 13.2 Å². The third-order valence-corrected chi connectivity index (χ3v) is 4.13. The lowest BCUT2D eigenvalue weighted by atomic mass is 9.92. The van der Waals surface area contributed by atoms with E-state index in [0.717, 1.165) is 16.3 Å². The highest BCUT2D eigenvalue weighted by atomic mass is 19.4. The van der Waals surface area contributed by atoms with Crippen LogP contribution in [0.15, 0.2) is 60.7 Å². The van der Waals surface area contributed by atoms with Crippen LogP contribution in [0.1, 0.15) is 17.2 Å². The van der Waals surface area contributed by atoms with Gasteiger partial charge in [-0.05, 0) is 34.5 Å². The van der Waals surface area contributed by atoms with Crippen molar-refractivity contribution in [3.05, 3.63) is 71.8 Å². The first-order chi connectivity index (χ1) is 12.4. The van der Waals surface area contributed by atoms with Crippen LogP contribution in [0, 0.1) is 0 Å². The van der Waals surface area contributed by atoms with Crippen LogP contribution in [0.5, 0.6) is 11.5 Å². The highest BCUT2D eigenvalue weighted by Gasteiger charge is 2.32. The minimum absolute atomic E-state index is 0.322. The molecule has 1 amide bonds. The van der Waals surface area contributed by atoms with Crippen molar-refractivity contribution < 1.29 is 27.4 Å². The highest BCUT2D eigenvalue weighted by molar-refractivity contribution is 5.91. The summed E-state index contributed by atoms with van der Waals surface area (Å²) < 4.78 is 46.1. The van der Waals surface area contributed by atoms with Crippen molar-refractivity contribution in [3.8, 4) is 11.5 Å². The summed E-state index contributed by atoms with van der Waals surface area (Å²) in [4.78, 5) is 11.9. The number of amides is 1. The maximum atomic E-state index is 12.3. The Morgan fingerprint density at radius 1 is 0.962 bits per heavy atom. The Bertz CT molecular complexity index is 983. The van der Waals surface area contributed by atoms with E-state index >= 15 is 0 Å². The van der Waals surface area contributed by atoms with Gasteiger partial charge in [-0.25, -0.2) is 4.79 Å². The Hall–Kier alpha value is -3.22. The number of benzene rings is 3. The molecule has 0 fully saturated rings. The molecule has 7 heteroatoms. The van der Waals surface area contributed by atoms with Crippen molar-refractivity contribution >= 4 is 16.9 Å². The largest absolute Gasteiger partial charge is 0.573 e. The molecule has 1 unspecified atom stereocenters. The molecule has 4 nitrogen and oxygen atoms in total. The van der Waals surface area contributed by atoms with Crippen LogP contribution < -0.4 is 14.8 Å². The molecule has 0 bridgehead atoms. The number of alkyl halides is 3. The second-order valence-electron chi connectivity index (χ2n) is 5.78. The third-order valence-electron chi connectivity index (χ3n) is 4.13. The van der Waals surface area contributed by atoms with Crippen LogP contribution in [0.25, 0.3) is 10.8 Å². The summed E-state index contributed by atoms with van der Waals surface area (Å²) in [7, 11) is 0. The number of carbonyl (C=O) groups excluding carboxylic acids is 1. The SMILES string of the molecule is O=C1NC(c2ccc(OC(F)(F)F)cc2)c2c(ccc3ccccc23)O1. The molecule has 26 heavy (non-hydrogen) atoms. The second-order valence-corrected chi connectivity index (χ2v) is 5.78. The number of ether oxygens (including phenoxy) is 2. The molecule has 0 aromatic heterocycles. The van der Waals surface area contributed by atoms with E-state index in [1.165, 1.54) is 24.3 Å². The molecule has 132 valence electrons. The zero-order valence-corrected chi connectivity index (χ0v) is 13.2. The van der Waals surface area contributed by atoms with Crippen LogP contribution in [-0.4, -0.2) is 12.5 Å². The minimum atomic E-state index is -4.75. The first kappa shape index (κ1) is 16.3. The van der Waals surface area contributed by atoms with Crippen molar-refractivity contribution in [1.29, 1.82) is 0 Å². The molecular weight excluding hydrogens is 347 g/mol. The molecule has 1 atom stereocenters. The summed E-state index contributed by atoms with van der Waals surface area (Å²) in [5.74, 6) is 0.103. The first-order valence-corrected chi connectivity index (χ1v) is 7.76. The molecule has 1 aliphatic heterocycles. The fourth-order valence-corrected chi connectivity index (χ4v) is 3.09. The predicted molar refractivity (Wildman–Crippen MR) is 88.1 cm³/mol. The standard InChI is InChI=1S/C19H12F3NO3/c20-19(21,22)26-13-8-5-12(6-9-13)17-16-14-4-2-1-3-11(14)7-10-15(16)25-18(24)23-17/h1-10,17H,(H,23,24). The lowest BCUT2D eigenvalue weighted by Gasteiger charge is -2.28. The van der Waals surface area contributed by atoms with Crippen molar-refractivity contribution in [2.45, 2.75) is 12.4 Å². The number of halogens is 3. The fraction of sp³-hybridized carbons (Fsp3) is 0.105. The molecule has 3 aromatic rings. The van der Waals surface area contributed by atoms with Gasteiger partial charge in [0, 0.05) is 5.56 Å². The van der Waals surface area contributed by atoms with Gasteiger partial charge in [0.25, 0.3) is 0 Å². The van der Waals surface area contributed by atoms with Gasteiger partial charge in [-0.2, -0.15) is 0 Å². The van der Waals surface area contributed by atoms with Crippen LogP contribution in [0.2, 0.25) is 0 Å². The predicted octanol–water partition coefficient (Wildman–Crippen LogP) is 4.93. The minimum Gasteiger partial charge on any atom is -0.410 e. The van der Waals surface area contributed by atoms with E-state index < -0.39 is 18.5 Å². The molecule has 0 saturated carbocycles. The number of carbonyl (C=O) groups is 1. The summed E-state index contributed by atoms with van der Waals surface area (Å²) >= 11 is 0. The van der Waals surface area contributed by atoms with Gasteiger partial charge in [0.05, 0.1) is 6.04 Å². The molecule has 0 aliphatic carbocycles. The summed E-state index contributed by atoms with van der Waals surface area (Å²) in [5, 5.41) is 4.58. The van der Waals surface area contributed by atoms with E-state index in [9.17, 15) is 18.0 Å². The summed E-state index contributed by atoms with van der Waals surface area (Å²) in [6.45, 7) is 0. The van der Waals surface area contributed by atoms with Crippen molar-refractivity contribution in [2.75, 3.05) is 0 Å². The first-order valence-electron chi connectivity index (χ1n) is 7.76. The number of hydrogen-bond donors (Lipinski definition) is 1. The molecule has 1 N–H and O–H groups in total. The van der Waals surface area contributed by atoms with Gasteiger partial charge in [0.15, 0.2) is 0 Å². The van der Waals surface area contributed by atoms with E-state index in [2.05, 4.69) is 10.1 Å². The summed E-state index contributed by atoms with van der Waals surface area (Å²) in [6, 6.07) is 16.0. The molecule has 0 radical (unpaired) electrons. The number of rotatable bonds is 2. The maximum Gasteiger partial charge on any atom is 0.573 e. The number of fused-ring (bicyclic) bond motifs is 3. The molecule has 1 heterocycles. The Labute approximate surface area is 146 Å². The zero-order valence-electron chi connectivity index (χ0n) is 13.2. The quantitative estimate of drug-likeness (QED) is 0.706. The van der Waals surface area contributed by atoms with Crippen LogP contribution >= 0.6 is 0 Å². The van der Waals surface area contributed by atoms with E-state index in [1.807, 2.05) is 30.3 Å². The summed E-state index contributed by atoms with van der Waals surface area (Å²) in [6.07, 6.45) is -5.37. The maximum absolute atomic E-state index is 12.3. The molecule has 3 aromatic carbocycles. The molecule has 0 spiro atoms. The lowest BCUT2D eigenvalue weighted by Crippen LogP contribution is -2.36. The van der Waals surface area contributed by atoms with E-state index in [0.29, 0.717) is 11.3 Å². The number of nitrogens with one attached hydrogen (secondary N) is 1. The van der Waals surface area contributed by atoms with Crippen molar-refractivity contribution in [1.82, 2.24) is 5.32 Å². The van der Waals surface area contributed by atoms with Crippen LogP contribution in [-0.2, 0) is 0 Å². The van der Waals surface area contributed by atoms with Gasteiger partial charge in [0.1, 0.15) is 11.5 Å². The van der Waals surface area contributed by atoms with Gasteiger partial charge in [-0.3, -0.25) is 0 Å². The highest BCUT2D eigenvalue weighted by Crippen LogP contribution is 2.39. The fourth-order valence-electron chi connectivity index (χ4n) is 3.09. The average molecular weight is 359 g/mol. The Kier molecular flexibility index (Phi) is 3.72. The van der Waals surface area contributed by atoms with E-state index in [-0.39, 0.29) is 5.75 Å². The van der Waals surface area contributed by atoms with Gasteiger partial charge in [-0.1, -0.05) is 42.5 Å². The normalized spacial score (nSPS) is 16.6. The zero-order chi connectivity index (χ0) is 18.3. The number of hydrogen-bond acceptors (Lipinski definition) is 3. The van der Waals surface area contributed by atoms with Gasteiger partial charge in [0.2, 0.25) is 0 Å².